The molecule has 0 fully saturated rings. The predicted octanol–water partition coefficient (Wildman–Crippen LogP) is 7.72. The van der Waals surface area contributed by atoms with Crippen molar-refractivity contribution in [1.82, 2.24) is 9.97 Å². The highest BCUT2D eigenvalue weighted by atomic mass is 35.5. The largest absolute Gasteiger partial charge is 0.573 e. The monoisotopic (exact) mass is 558 g/mol. The van der Waals surface area contributed by atoms with Crippen LogP contribution in [0.5, 0.6) is 5.75 Å². The molecule has 12 heteroatoms. The number of alkyl halides is 3. The molecule has 4 aromatic rings. The molecule has 0 aliphatic carbocycles. The summed E-state index contributed by atoms with van der Waals surface area (Å²) < 4.78 is 41.0. The third-order valence-electron chi connectivity index (χ3n) is 5.47. The van der Waals surface area contributed by atoms with Crippen molar-refractivity contribution in [3.63, 3.8) is 0 Å². The van der Waals surface area contributed by atoms with Crippen LogP contribution in [0.25, 0.3) is 0 Å². The Kier molecular flexibility index (Phi) is 7.80. The lowest BCUT2D eigenvalue weighted by atomic mass is 9.91. The quantitative estimate of drug-likeness (QED) is 0.213. The molecule has 0 saturated heterocycles. The van der Waals surface area contributed by atoms with E-state index in [1.165, 1.54) is 18.5 Å². The van der Waals surface area contributed by atoms with E-state index in [1.54, 1.807) is 30.3 Å². The second kappa shape index (κ2) is 11.0. The van der Waals surface area contributed by atoms with Gasteiger partial charge in [0.15, 0.2) is 11.6 Å². The molecule has 1 unspecified atom stereocenters. The van der Waals surface area contributed by atoms with E-state index in [2.05, 4.69) is 31.4 Å². The fraction of sp³-hybridized carbons (Fsp3) is 0.115. The molecule has 4 N–H and O–H groups in total. The van der Waals surface area contributed by atoms with Gasteiger partial charge in [0.05, 0.1) is 12.0 Å². The van der Waals surface area contributed by atoms with E-state index in [9.17, 15) is 18.4 Å². The molecule has 1 aromatic heterocycles. The van der Waals surface area contributed by atoms with Crippen LogP contribution >= 0.6 is 23.2 Å². The molecule has 38 heavy (non-hydrogen) atoms. The van der Waals surface area contributed by atoms with Crippen molar-refractivity contribution >= 4 is 51.9 Å². The van der Waals surface area contributed by atoms with E-state index in [1.807, 2.05) is 13.0 Å². The number of nitriles is 1. The molecule has 0 aliphatic rings. The van der Waals surface area contributed by atoms with Crippen LogP contribution in [0.15, 0.2) is 67.0 Å². The van der Waals surface area contributed by atoms with Gasteiger partial charge in [0.2, 0.25) is 0 Å². The molecule has 4 rings (SSSR count). The summed E-state index contributed by atoms with van der Waals surface area (Å²) in [6.45, 7) is 1.85. The Morgan fingerprint density at radius 1 is 0.974 bits per heavy atom. The minimum atomic E-state index is -4.78. The van der Waals surface area contributed by atoms with Gasteiger partial charge in [0.1, 0.15) is 17.8 Å². The second-order valence-corrected chi connectivity index (χ2v) is 8.95. The highest BCUT2D eigenvalue weighted by Crippen LogP contribution is 2.36. The van der Waals surface area contributed by atoms with Crippen LogP contribution in [0.4, 0.5) is 41.9 Å². The lowest BCUT2D eigenvalue weighted by Crippen LogP contribution is -2.17. The predicted molar refractivity (Wildman–Crippen MR) is 141 cm³/mol. The van der Waals surface area contributed by atoms with Crippen LogP contribution in [-0.2, 0) is 0 Å². The van der Waals surface area contributed by atoms with E-state index >= 15 is 0 Å². The lowest BCUT2D eigenvalue weighted by Gasteiger charge is -2.17. The zero-order chi connectivity index (χ0) is 27.4. The number of aromatic nitrogens is 2. The van der Waals surface area contributed by atoms with Crippen molar-refractivity contribution < 1.29 is 17.9 Å². The Hall–Kier alpha value is -4.20. The number of benzene rings is 3. The smallest absolute Gasteiger partial charge is 0.406 e. The first-order valence-electron chi connectivity index (χ1n) is 11.0. The van der Waals surface area contributed by atoms with Crippen molar-refractivity contribution in [3.05, 3.63) is 93.7 Å². The summed E-state index contributed by atoms with van der Waals surface area (Å²) in [5.74, 6) is -0.437. The normalized spacial score (nSPS) is 11.9. The average molecular weight is 559 g/mol. The summed E-state index contributed by atoms with van der Waals surface area (Å²) in [5, 5.41) is 16.8. The first-order valence-corrected chi connectivity index (χ1v) is 11.7. The number of nitrogens with one attached hydrogen (secondary N) is 2. The highest BCUT2D eigenvalue weighted by Gasteiger charge is 2.31. The topological polar surface area (TPSA) is 109 Å². The van der Waals surface area contributed by atoms with Crippen molar-refractivity contribution in [2.45, 2.75) is 19.2 Å². The van der Waals surface area contributed by atoms with E-state index in [4.69, 9.17) is 28.9 Å². The molecule has 0 radical (unpaired) electrons. The Bertz CT molecular complexity index is 1490. The molecule has 3 aromatic carbocycles. The number of rotatable bonds is 7. The molecule has 0 amide bonds. The molecule has 7 nitrogen and oxygen atoms in total. The third-order valence-corrected chi connectivity index (χ3v) is 6.05. The van der Waals surface area contributed by atoms with E-state index in [-0.39, 0.29) is 23.1 Å². The molecular weight excluding hydrogens is 540 g/mol. The van der Waals surface area contributed by atoms with Crippen molar-refractivity contribution in [1.29, 1.82) is 5.26 Å². The maximum Gasteiger partial charge on any atom is 0.573 e. The van der Waals surface area contributed by atoms with Crippen LogP contribution < -0.4 is 21.1 Å². The third kappa shape index (κ3) is 6.37. The van der Waals surface area contributed by atoms with Crippen molar-refractivity contribution in [3.8, 4) is 11.8 Å². The fourth-order valence-corrected chi connectivity index (χ4v) is 4.04. The van der Waals surface area contributed by atoms with Gasteiger partial charge in [-0.1, -0.05) is 41.4 Å². The van der Waals surface area contributed by atoms with Gasteiger partial charge in [-0.3, -0.25) is 0 Å². The highest BCUT2D eigenvalue weighted by molar-refractivity contribution is 6.32. The molecule has 0 saturated carbocycles. The molecule has 0 spiro atoms. The Balaban J connectivity index is 1.55. The lowest BCUT2D eigenvalue weighted by molar-refractivity contribution is -0.274. The van der Waals surface area contributed by atoms with Crippen LogP contribution in [0.3, 0.4) is 0 Å². The van der Waals surface area contributed by atoms with E-state index in [0.717, 1.165) is 23.3 Å². The standard InChI is InChI=1S/C26H19Cl2F3N6O/c1-14-10-19(20(12-32)15-2-4-16(27)5-3-15)21(28)11-22(14)37-25-23(33)24(34-13-35-25)36-17-6-8-18(9-7-17)38-26(29,30)31/h2-11,13,20H,33H2,1H3,(H2,34,35,36,37). The maximum absolute atomic E-state index is 12.4. The number of aryl methyl sites for hydroxylation is 1. The summed E-state index contributed by atoms with van der Waals surface area (Å²) in [6.07, 6.45) is -3.50. The van der Waals surface area contributed by atoms with Gasteiger partial charge in [0, 0.05) is 21.4 Å². The fourth-order valence-electron chi connectivity index (χ4n) is 3.64. The first kappa shape index (κ1) is 26.9. The molecule has 1 atom stereocenters. The Morgan fingerprint density at radius 2 is 1.61 bits per heavy atom. The van der Waals surface area contributed by atoms with Crippen LogP contribution in [-0.4, -0.2) is 16.3 Å². The minimum Gasteiger partial charge on any atom is -0.406 e. The maximum atomic E-state index is 12.4. The van der Waals surface area contributed by atoms with Gasteiger partial charge >= 0.3 is 6.36 Å². The van der Waals surface area contributed by atoms with Crippen LogP contribution in [0.1, 0.15) is 22.6 Å². The van der Waals surface area contributed by atoms with Crippen LogP contribution in [0.2, 0.25) is 10.0 Å². The first-order chi connectivity index (χ1) is 18.0. The van der Waals surface area contributed by atoms with Gasteiger partial charge in [-0.05, 0) is 66.1 Å². The van der Waals surface area contributed by atoms with Gasteiger partial charge in [-0.15, -0.1) is 13.2 Å². The molecule has 194 valence electrons. The molecular formula is C26H19Cl2F3N6O. The number of halogens is 5. The summed E-state index contributed by atoms with van der Waals surface area (Å²) in [4.78, 5) is 8.31. The van der Waals surface area contributed by atoms with Gasteiger partial charge in [-0.25, -0.2) is 9.97 Å². The second-order valence-electron chi connectivity index (χ2n) is 8.11. The number of nitrogens with two attached hydrogens (primary N) is 1. The Labute approximate surface area is 226 Å². The number of hydrogen-bond donors (Lipinski definition) is 3. The average Bonchev–Trinajstić information content (AvgIpc) is 2.86. The number of ether oxygens (including phenoxy) is 1. The SMILES string of the molecule is Cc1cc(C(C#N)c2ccc(Cl)cc2)c(Cl)cc1Nc1ncnc(Nc2ccc(OC(F)(F)F)cc2)c1N. The Morgan fingerprint density at radius 3 is 2.21 bits per heavy atom. The van der Waals surface area contributed by atoms with Gasteiger partial charge in [-0.2, -0.15) is 5.26 Å². The summed E-state index contributed by atoms with van der Waals surface area (Å²) in [7, 11) is 0. The molecule has 0 bridgehead atoms. The number of anilines is 5. The number of nitrogen functional groups attached to an aromatic ring is 1. The zero-order valence-electron chi connectivity index (χ0n) is 19.6. The van der Waals surface area contributed by atoms with Crippen molar-refractivity contribution in [2.75, 3.05) is 16.4 Å². The number of hydrogen-bond acceptors (Lipinski definition) is 7. The van der Waals surface area contributed by atoms with E-state index in [0.29, 0.717) is 27.0 Å². The molecule has 1 heterocycles. The summed E-state index contributed by atoms with van der Waals surface area (Å²) >= 11 is 12.6. The summed E-state index contributed by atoms with van der Waals surface area (Å²) in [6, 6.07) is 17.9. The van der Waals surface area contributed by atoms with Crippen molar-refractivity contribution in [2.24, 2.45) is 0 Å². The van der Waals surface area contributed by atoms with Gasteiger partial charge in [0.25, 0.3) is 0 Å². The van der Waals surface area contributed by atoms with Crippen LogP contribution in [0, 0.1) is 18.3 Å². The number of nitrogens with zero attached hydrogens (tertiary/aromatic N) is 3. The minimum absolute atomic E-state index is 0.166. The summed E-state index contributed by atoms with van der Waals surface area (Å²) in [5.41, 5.74) is 9.64. The zero-order valence-corrected chi connectivity index (χ0v) is 21.2. The molecule has 0 aliphatic heterocycles. The van der Waals surface area contributed by atoms with Gasteiger partial charge < -0.3 is 21.1 Å². The van der Waals surface area contributed by atoms with E-state index < -0.39 is 12.3 Å².